The average molecular weight is 331 g/mol. The molecule has 0 saturated heterocycles. The van der Waals surface area contributed by atoms with Gasteiger partial charge in [0.2, 0.25) is 5.79 Å². The van der Waals surface area contributed by atoms with E-state index >= 15 is 0 Å². The van der Waals surface area contributed by atoms with Crippen molar-refractivity contribution in [2.75, 3.05) is 0 Å². The predicted molar refractivity (Wildman–Crippen MR) is 94.1 cm³/mol. The molecule has 2 unspecified atom stereocenters. The highest BCUT2D eigenvalue weighted by molar-refractivity contribution is 5.38. The van der Waals surface area contributed by atoms with Gasteiger partial charge in [0, 0.05) is 6.42 Å². The molecule has 0 aliphatic rings. The van der Waals surface area contributed by atoms with E-state index < -0.39 is 11.9 Å². The van der Waals surface area contributed by atoms with Crippen LogP contribution in [0, 0.1) is 0 Å². The van der Waals surface area contributed by atoms with Gasteiger partial charge in [-0.3, -0.25) is 4.79 Å². The van der Waals surface area contributed by atoms with E-state index in [2.05, 4.69) is 11.7 Å². The molecular formula is C19H38O4. The topological polar surface area (TPSA) is 66.8 Å². The molecule has 0 amide bonds. The first kappa shape index (κ1) is 22.4. The van der Waals surface area contributed by atoms with Crippen molar-refractivity contribution < 1.29 is 19.7 Å². The molecule has 0 aromatic rings. The zero-order valence-corrected chi connectivity index (χ0v) is 15.3. The Hall–Kier alpha value is -0.610. The molecule has 0 heterocycles. The third-order valence-corrected chi connectivity index (χ3v) is 4.54. The van der Waals surface area contributed by atoms with Crippen LogP contribution in [0.1, 0.15) is 104 Å². The quantitative estimate of drug-likeness (QED) is 0.230. The number of aliphatic hydroxyl groups excluding tert-OH is 1. The van der Waals surface area contributed by atoms with E-state index in [9.17, 15) is 15.0 Å². The van der Waals surface area contributed by atoms with Crippen LogP contribution in [-0.2, 0) is 9.53 Å². The van der Waals surface area contributed by atoms with Gasteiger partial charge in [-0.1, -0.05) is 84.0 Å². The largest absolute Gasteiger partial charge is 0.433 e. The van der Waals surface area contributed by atoms with E-state index in [-0.39, 0.29) is 6.47 Å². The minimum atomic E-state index is -1.72. The summed E-state index contributed by atoms with van der Waals surface area (Å²) >= 11 is 0. The van der Waals surface area contributed by atoms with Gasteiger partial charge < -0.3 is 14.9 Å². The first-order valence-corrected chi connectivity index (χ1v) is 9.58. The molecule has 0 bridgehead atoms. The number of unbranched alkanes of at least 4 members (excludes halogenated alkanes) is 12. The zero-order valence-electron chi connectivity index (χ0n) is 15.3. The molecule has 138 valence electrons. The maximum Gasteiger partial charge on any atom is 0.295 e. The molecule has 0 aliphatic heterocycles. The fourth-order valence-corrected chi connectivity index (χ4v) is 2.85. The molecule has 4 heteroatoms. The van der Waals surface area contributed by atoms with Crippen LogP contribution >= 0.6 is 0 Å². The first-order valence-electron chi connectivity index (χ1n) is 9.58. The van der Waals surface area contributed by atoms with Gasteiger partial charge in [-0.25, -0.2) is 0 Å². The summed E-state index contributed by atoms with van der Waals surface area (Å²) in [6.45, 7) is 3.89. The van der Waals surface area contributed by atoms with Crippen molar-refractivity contribution in [1.82, 2.24) is 0 Å². The number of carbonyl (C=O) groups is 1. The van der Waals surface area contributed by atoms with Gasteiger partial charge in [-0.2, -0.15) is 0 Å². The van der Waals surface area contributed by atoms with Crippen molar-refractivity contribution in [1.29, 1.82) is 0 Å². The fraction of sp³-hybridized carbons (Fsp3) is 0.947. The van der Waals surface area contributed by atoms with Gasteiger partial charge in [-0.05, 0) is 13.3 Å². The van der Waals surface area contributed by atoms with E-state index in [0.717, 1.165) is 19.3 Å². The molecule has 0 fully saturated rings. The molecule has 2 N–H and O–H groups in total. The summed E-state index contributed by atoms with van der Waals surface area (Å²) < 4.78 is 4.62. The van der Waals surface area contributed by atoms with E-state index in [4.69, 9.17) is 0 Å². The van der Waals surface area contributed by atoms with Crippen molar-refractivity contribution in [3.8, 4) is 0 Å². The molecule has 0 radical (unpaired) electrons. The summed E-state index contributed by atoms with van der Waals surface area (Å²) in [5.41, 5.74) is 0. The number of hydrogen-bond donors (Lipinski definition) is 2. The zero-order chi connectivity index (χ0) is 17.4. The van der Waals surface area contributed by atoms with Gasteiger partial charge in [0.1, 0.15) is 6.10 Å². The highest BCUT2D eigenvalue weighted by atomic mass is 16.7. The van der Waals surface area contributed by atoms with Crippen molar-refractivity contribution in [2.24, 2.45) is 0 Å². The van der Waals surface area contributed by atoms with E-state index in [1.807, 2.05) is 0 Å². The highest BCUT2D eigenvalue weighted by Crippen LogP contribution is 2.21. The number of aliphatic hydroxyl groups is 2. The van der Waals surface area contributed by atoms with E-state index in [1.54, 1.807) is 0 Å². The molecule has 0 aliphatic carbocycles. The lowest BCUT2D eigenvalue weighted by Gasteiger charge is -2.28. The second-order valence-corrected chi connectivity index (χ2v) is 6.73. The average Bonchev–Trinajstić information content (AvgIpc) is 2.52. The summed E-state index contributed by atoms with van der Waals surface area (Å²) in [6, 6.07) is 0. The van der Waals surface area contributed by atoms with Crippen LogP contribution in [0.25, 0.3) is 0 Å². The summed E-state index contributed by atoms with van der Waals surface area (Å²) in [7, 11) is 0. The SMILES string of the molecule is CCCCCCCCCCCCCCCC(O)(OC=O)C(C)O. The Morgan fingerprint density at radius 1 is 0.870 bits per heavy atom. The smallest absolute Gasteiger partial charge is 0.295 e. The maximum absolute atomic E-state index is 10.4. The molecule has 0 spiro atoms. The number of ether oxygens (including phenoxy) is 1. The Morgan fingerprint density at radius 2 is 1.26 bits per heavy atom. The normalized spacial score (nSPS) is 15.1. The van der Waals surface area contributed by atoms with Crippen LogP contribution in [0.4, 0.5) is 0 Å². The Kier molecular flexibility index (Phi) is 14.6. The van der Waals surface area contributed by atoms with Crippen LogP contribution in [0.3, 0.4) is 0 Å². The highest BCUT2D eigenvalue weighted by Gasteiger charge is 2.33. The van der Waals surface area contributed by atoms with Gasteiger partial charge in [0.05, 0.1) is 0 Å². The van der Waals surface area contributed by atoms with E-state index in [1.165, 1.54) is 71.1 Å². The minimum Gasteiger partial charge on any atom is -0.433 e. The molecule has 2 atom stereocenters. The minimum absolute atomic E-state index is 0.203. The Bertz CT molecular complexity index is 268. The molecule has 0 aromatic heterocycles. The summed E-state index contributed by atoms with van der Waals surface area (Å²) in [5.74, 6) is -1.72. The summed E-state index contributed by atoms with van der Waals surface area (Å²) in [4.78, 5) is 10.4. The molecule has 0 rings (SSSR count). The Morgan fingerprint density at radius 3 is 1.61 bits per heavy atom. The molecule has 0 saturated carbocycles. The van der Waals surface area contributed by atoms with Crippen molar-refractivity contribution in [3.05, 3.63) is 0 Å². The predicted octanol–water partition coefficient (Wildman–Crippen LogP) is 4.71. The number of carbonyl (C=O) groups excluding carboxylic acids is 1. The van der Waals surface area contributed by atoms with Gasteiger partial charge in [-0.15, -0.1) is 0 Å². The summed E-state index contributed by atoms with van der Waals surface area (Å²) in [5, 5.41) is 19.4. The third kappa shape index (κ3) is 12.5. The van der Waals surface area contributed by atoms with Crippen LogP contribution < -0.4 is 0 Å². The van der Waals surface area contributed by atoms with Gasteiger partial charge in [0.25, 0.3) is 6.47 Å². The van der Waals surface area contributed by atoms with Crippen LogP contribution in [0.2, 0.25) is 0 Å². The van der Waals surface area contributed by atoms with Crippen LogP contribution in [0.5, 0.6) is 0 Å². The molecular weight excluding hydrogens is 292 g/mol. The van der Waals surface area contributed by atoms with Crippen LogP contribution in [0.15, 0.2) is 0 Å². The van der Waals surface area contributed by atoms with Crippen LogP contribution in [-0.4, -0.2) is 28.6 Å². The molecule has 4 nitrogen and oxygen atoms in total. The second-order valence-electron chi connectivity index (χ2n) is 6.73. The van der Waals surface area contributed by atoms with E-state index in [0.29, 0.717) is 6.42 Å². The van der Waals surface area contributed by atoms with Gasteiger partial charge >= 0.3 is 0 Å². The lowest BCUT2D eigenvalue weighted by atomic mass is 10.0. The second kappa shape index (κ2) is 14.9. The first-order chi connectivity index (χ1) is 11.1. The monoisotopic (exact) mass is 330 g/mol. The van der Waals surface area contributed by atoms with Crippen molar-refractivity contribution >= 4 is 6.47 Å². The third-order valence-electron chi connectivity index (χ3n) is 4.54. The maximum atomic E-state index is 10.4. The molecule has 23 heavy (non-hydrogen) atoms. The number of rotatable bonds is 17. The van der Waals surface area contributed by atoms with Crippen molar-refractivity contribution in [3.63, 3.8) is 0 Å². The fourth-order valence-electron chi connectivity index (χ4n) is 2.85. The Balaban J connectivity index is 3.37. The lowest BCUT2D eigenvalue weighted by molar-refractivity contribution is -0.237. The van der Waals surface area contributed by atoms with Crippen molar-refractivity contribution in [2.45, 2.75) is 116 Å². The number of hydrogen-bond acceptors (Lipinski definition) is 4. The Labute approximate surface area is 142 Å². The lowest BCUT2D eigenvalue weighted by Crippen LogP contribution is -2.43. The van der Waals surface area contributed by atoms with Gasteiger partial charge in [0.15, 0.2) is 0 Å². The standard InChI is InChI=1S/C19H38O4/c1-3-4-5-6-7-8-9-10-11-12-13-14-15-16-19(22,18(2)21)23-17-20/h17-18,21-22H,3-16H2,1-2H3. The molecule has 0 aromatic carbocycles. The summed E-state index contributed by atoms with van der Waals surface area (Å²) in [6.07, 6.45) is 15.5.